The molecule has 0 aromatic heterocycles. The molecule has 1 aromatic carbocycles. The zero-order valence-electron chi connectivity index (χ0n) is 14.1. The second-order valence-corrected chi connectivity index (χ2v) is 6.42. The molecule has 3 rings (SSSR count). The van der Waals surface area contributed by atoms with Crippen molar-refractivity contribution in [1.29, 1.82) is 0 Å². The SMILES string of the molecule is O=C(COc1ccccc1)NCCNC(=O)C1CC(=O)N(C2CC2)C1. The Bertz CT molecular complexity index is 630. The zero-order valence-corrected chi connectivity index (χ0v) is 14.1. The van der Waals surface area contributed by atoms with Gasteiger partial charge < -0.3 is 20.3 Å². The number of carbonyl (C=O) groups excluding carboxylic acids is 3. The van der Waals surface area contributed by atoms with Crippen LogP contribution in [0.3, 0.4) is 0 Å². The van der Waals surface area contributed by atoms with Crippen LogP contribution in [0.5, 0.6) is 5.75 Å². The number of carbonyl (C=O) groups is 3. The summed E-state index contributed by atoms with van der Waals surface area (Å²) in [4.78, 5) is 37.5. The van der Waals surface area contributed by atoms with Gasteiger partial charge in [0, 0.05) is 32.1 Å². The molecule has 2 fully saturated rings. The summed E-state index contributed by atoms with van der Waals surface area (Å²) >= 11 is 0. The van der Waals surface area contributed by atoms with Gasteiger partial charge in [-0.05, 0) is 25.0 Å². The van der Waals surface area contributed by atoms with Crippen molar-refractivity contribution in [3.05, 3.63) is 30.3 Å². The topological polar surface area (TPSA) is 87.7 Å². The Labute approximate surface area is 146 Å². The average molecular weight is 345 g/mol. The number of para-hydroxylation sites is 1. The lowest BCUT2D eigenvalue weighted by molar-refractivity contribution is -0.129. The minimum absolute atomic E-state index is 0.0641. The van der Waals surface area contributed by atoms with Crippen molar-refractivity contribution in [3.63, 3.8) is 0 Å². The first-order valence-electron chi connectivity index (χ1n) is 8.65. The van der Waals surface area contributed by atoms with Gasteiger partial charge in [-0.15, -0.1) is 0 Å². The number of rotatable bonds is 8. The third-order valence-electron chi connectivity index (χ3n) is 4.38. The summed E-state index contributed by atoms with van der Waals surface area (Å²) in [5.41, 5.74) is 0. The van der Waals surface area contributed by atoms with Crippen LogP contribution < -0.4 is 15.4 Å². The lowest BCUT2D eigenvalue weighted by Crippen LogP contribution is -2.39. The molecular weight excluding hydrogens is 322 g/mol. The number of nitrogens with one attached hydrogen (secondary N) is 2. The van der Waals surface area contributed by atoms with Gasteiger partial charge in [0.05, 0.1) is 5.92 Å². The normalized spacial score (nSPS) is 19.6. The maximum absolute atomic E-state index is 12.1. The van der Waals surface area contributed by atoms with Crippen LogP contribution in [-0.4, -0.2) is 54.9 Å². The number of hydrogen-bond donors (Lipinski definition) is 2. The molecule has 2 aliphatic rings. The molecule has 7 nitrogen and oxygen atoms in total. The smallest absolute Gasteiger partial charge is 0.258 e. The molecule has 1 unspecified atom stereocenters. The summed E-state index contributed by atoms with van der Waals surface area (Å²) in [6.07, 6.45) is 2.40. The number of likely N-dealkylation sites (tertiary alicyclic amines) is 1. The van der Waals surface area contributed by atoms with E-state index in [2.05, 4.69) is 10.6 Å². The molecule has 2 N–H and O–H groups in total. The molecule has 1 aliphatic heterocycles. The lowest BCUT2D eigenvalue weighted by Gasteiger charge is -2.15. The van der Waals surface area contributed by atoms with Crippen molar-refractivity contribution < 1.29 is 19.1 Å². The first kappa shape index (κ1) is 17.3. The van der Waals surface area contributed by atoms with E-state index in [1.54, 1.807) is 12.1 Å². The van der Waals surface area contributed by atoms with Crippen LogP contribution in [0, 0.1) is 5.92 Å². The standard InChI is InChI=1S/C18H23N3O4/c22-16(12-25-15-4-2-1-3-5-15)19-8-9-20-18(24)13-10-17(23)21(11-13)14-6-7-14/h1-5,13-14H,6-12H2,(H,19,22)(H,20,24). The third kappa shape index (κ3) is 4.95. The van der Waals surface area contributed by atoms with Gasteiger partial charge in [-0.1, -0.05) is 18.2 Å². The van der Waals surface area contributed by atoms with Gasteiger partial charge in [0.2, 0.25) is 11.8 Å². The van der Waals surface area contributed by atoms with Crippen molar-refractivity contribution in [3.8, 4) is 5.75 Å². The Morgan fingerprint density at radius 2 is 1.84 bits per heavy atom. The van der Waals surface area contributed by atoms with Crippen LogP contribution in [0.4, 0.5) is 0 Å². The highest BCUT2D eigenvalue weighted by Crippen LogP contribution is 2.32. The number of benzene rings is 1. The Morgan fingerprint density at radius 1 is 1.12 bits per heavy atom. The minimum Gasteiger partial charge on any atom is -0.484 e. The summed E-state index contributed by atoms with van der Waals surface area (Å²) in [6.45, 7) is 1.12. The Balaban J connectivity index is 1.28. The molecule has 25 heavy (non-hydrogen) atoms. The minimum atomic E-state index is -0.273. The van der Waals surface area contributed by atoms with E-state index in [-0.39, 0.29) is 30.2 Å². The summed E-state index contributed by atoms with van der Waals surface area (Å²) < 4.78 is 5.34. The number of amides is 3. The van der Waals surface area contributed by atoms with E-state index in [0.29, 0.717) is 37.8 Å². The Kier molecular flexibility index (Phi) is 5.53. The van der Waals surface area contributed by atoms with E-state index in [1.807, 2.05) is 23.1 Å². The van der Waals surface area contributed by atoms with Gasteiger partial charge in [0.15, 0.2) is 6.61 Å². The zero-order chi connectivity index (χ0) is 17.6. The molecular formula is C18H23N3O4. The molecule has 7 heteroatoms. The number of hydrogen-bond acceptors (Lipinski definition) is 4. The van der Waals surface area contributed by atoms with Gasteiger partial charge in [-0.25, -0.2) is 0 Å². The molecule has 1 aliphatic carbocycles. The maximum atomic E-state index is 12.1. The number of ether oxygens (including phenoxy) is 1. The predicted octanol–water partition coefficient (Wildman–Crippen LogP) is 0.309. The molecule has 1 saturated heterocycles. The molecule has 1 atom stereocenters. The Morgan fingerprint density at radius 3 is 2.56 bits per heavy atom. The highest BCUT2D eigenvalue weighted by atomic mass is 16.5. The monoisotopic (exact) mass is 345 g/mol. The molecule has 1 heterocycles. The fraction of sp³-hybridized carbons (Fsp3) is 0.500. The first-order valence-corrected chi connectivity index (χ1v) is 8.65. The fourth-order valence-corrected chi connectivity index (χ4v) is 2.89. The van der Waals surface area contributed by atoms with E-state index >= 15 is 0 Å². The van der Waals surface area contributed by atoms with Crippen molar-refractivity contribution in [2.45, 2.75) is 25.3 Å². The van der Waals surface area contributed by atoms with E-state index in [4.69, 9.17) is 4.74 Å². The van der Waals surface area contributed by atoms with Gasteiger partial charge in [-0.2, -0.15) is 0 Å². The largest absolute Gasteiger partial charge is 0.484 e. The van der Waals surface area contributed by atoms with Crippen molar-refractivity contribution in [1.82, 2.24) is 15.5 Å². The van der Waals surface area contributed by atoms with Crippen molar-refractivity contribution >= 4 is 17.7 Å². The molecule has 0 spiro atoms. The quantitative estimate of drug-likeness (QED) is 0.664. The second kappa shape index (κ2) is 8.00. The van der Waals surface area contributed by atoms with Crippen LogP contribution >= 0.6 is 0 Å². The summed E-state index contributed by atoms with van der Waals surface area (Å²) in [6, 6.07) is 9.45. The maximum Gasteiger partial charge on any atom is 0.258 e. The molecule has 134 valence electrons. The van der Waals surface area contributed by atoms with Crippen LogP contribution in [0.1, 0.15) is 19.3 Å². The van der Waals surface area contributed by atoms with Crippen LogP contribution in [0.2, 0.25) is 0 Å². The lowest BCUT2D eigenvalue weighted by atomic mass is 10.1. The summed E-state index contributed by atoms with van der Waals surface area (Å²) in [7, 11) is 0. The molecule has 0 radical (unpaired) electrons. The van der Waals surface area contributed by atoms with Crippen LogP contribution in [0.15, 0.2) is 30.3 Å². The van der Waals surface area contributed by atoms with E-state index < -0.39 is 0 Å². The van der Waals surface area contributed by atoms with Crippen LogP contribution in [-0.2, 0) is 14.4 Å². The second-order valence-electron chi connectivity index (χ2n) is 6.42. The van der Waals surface area contributed by atoms with Crippen molar-refractivity contribution in [2.24, 2.45) is 5.92 Å². The van der Waals surface area contributed by atoms with Gasteiger partial charge in [0.1, 0.15) is 5.75 Å². The molecule has 0 bridgehead atoms. The van der Waals surface area contributed by atoms with Gasteiger partial charge in [0.25, 0.3) is 5.91 Å². The highest BCUT2D eigenvalue weighted by Gasteiger charge is 2.41. The summed E-state index contributed by atoms with van der Waals surface area (Å²) in [5, 5.41) is 5.47. The third-order valence-corrected chi connectivity index (χ3v) is 4.38. The fourth-order valence-electron chi connectivity index (χ4n) is 2.89. The van der Waals surface area contributed by atoms with E-state index in [9.17, 15) is 14.4 Å². The van der Waals surface area contributed by atoms with E-state index in [1.165, 1.54) is 0 Å². The van der Waals surface area contributed by atoms with Gasteiger partial charge in [-0.3, -0.25) is 14.4 Å². The molecule has 3 amide bonds. The Hall–Kier alpha value is -2.57. The van der Waals surface area contributed by atoms with Crippen molar-refractivity contribution in [2.75, 3.05) is 26.2 Å². The van der Waals surface area contributed by atoms with Gasteiger partial charge >= 0.3 is 0 Å². The number of nitrogens with zero attached hydrogens (tertiary/aromatic N) is 1. The van der Waals surface area contributed by atoms with E-state index in [0.717, 1.165) is 12.8 Å². The average Bonchev–Trinajstić information content (AvgIpc) is 3.39. The predicted molar refractivity (Wildman–Crippen MR) is 90.8 cm³/mol. The highest BCUT2D eigenvalue weighted by molar-refractivity contribution is 5.89. The molecule has 1 aromatic rings. The van der Waals surface area contributed by atoms with Crippen LogP contribution in [0.25, 0.3) is 0 Å². The summed E-state index contributed by atoms with van der Waals surface area (Å²) in [5.74, 6) is 0.0802. The molecule has 1 saturated carbocycles. The first-order chi connectivity index (χ1) is 12.1.